The van der Waals surface area contributed by atoms with Gasteiger partial charge < -0.3 is 5.32 Å². The summed E-state index contributed by atoms with van der Waals surface area (Å²) in [5.41, 5.74) is 4.41. The fourth-order valence-corrected chi connectivity index (χ4v) is 3.34. The molecule has 3 nitrogen and oxygen atoms in total. The second kappa shape index (κ2) is 7.63. The van der Waals surface area contributed by atoms with Crippen LogP contribution in [0.5, 0.6) is 0 Å². The summed E-state index contributed by atoms with van der Waals surface area (Å²) in [6, 6.07) is 16.8. The number of hydrogen-bond donors (Lipinski definition) is 1. The van der Waals surface area contributed by atoms with Gasteiger partial charge in [0.15, 0.2) is 0 Å². The van der Waals surface area contributed by atoms with Crippen LogP contribution in [0, 0.1) is 13.8 Å². The van der Waals surface area contributed by atoms with Crippen LogP contribution in [0.3, 0.4) is 0 Å². The molecule has 1 aliphatic heterocycles. The maximum atomic E-state index is 12.5. The smallest absolute Gasteiger partial charge is 0.251 e. The van der Waals surface area contributed by atoms with Crippen LogP contribution in [0.15, 0.2) is 48.5 Å². The van der Waals surface area contributed by atoms with Gasteiger partial charge in [0.05, 0.1) is 0 Å². The van der Waals surface area contributed by atoms with Crippen molar-refractivity contribution in [1.29, 1.82) is 0 Å². The lowest BCUT2D eigenvalue weighted by atomic mass is 10.0. The van der Waals surface area contributed by atoms with Crippen LogP contribution < -0.4 is 5.32 Å². The van der Waals surface area contributed by atoms with Gasteiger partial charge in [0, 0.05) is 31.2 Å². The first-order chi connectivity index (χ1) is 11.6. The molecule has 0 aliphatic carbocycles. The molecule has 3 rings (SSSR count). The van der Waals surface area contributed by atoms with Gasteiger partial charge >= 0.3 is 0 Å². The van der Waals surface area contributed by atoms with E-state index in [-0.39, 0.29) is 11.9 Å². The molecular formula is C21H26N2O. The van der Waals surface area contributed by atoms with Crippen LogP contribution in [0.2, 0.25) is 0 Å². The Hall–Kier alpha value is -2.13. The van der Waals surface area contributed by atoms with Gasteiger partial charge in [-0.15, -0.1) is 0 Å². The minimum atomic E-state index is 0.0673. The molecule has 2 aromatic carbocycles. The number of carbonyl (C=O) groups excluding carboxylic acids is 1. The molecule has 1 N–H and O–H groups in total. The number of likely N-dealkylation sites (tertiary alicyclic amines) is 1. The lowest BCUT2D eigenvalue weighted by Crippen LogP contribution is -2.44. The summed E-state index contributed by atoms with van der Waals surface area (Å²) < 4.78 is 0. The Labute approximate surface area is 144 Å². The number of nitrogens with one attached hydrogen (secondary N) is 1. The zero-order valence-corrected chi connectivity index (χ0v) is 14.6. The minimum Gasteiger partial charge on any atom is -0.349 e. The van der Waals surface area contributed by atoms with Crippen molar-refractivity contribution in [3.63, 3.8) is 0 Å². The minimum absolute atomic E-state index is 0.0673. The number of rotatable bonds is 4. The number of piperidine rings is 1. The SMILES string of the molecule is Cc1cccc(C(=O)NC2CCN(Cc3ccccc3)CC2)c1C. The van der Waals surface area contributed by atoms with Crippen molar-refractivity contribution in [3.8, 4) is 0 Å². The lowest BCUT2D eigenvalue weighted by Gasteiger charge is -2.32. The predicted octanol–water partition coefficient (Wildman–Crippen LogP) is 3.70. The highest BCUT2D eigenvalue weighted by Crippen LogP contribution is 2.16. The highest BCUT2D eigenvalue weighted by atomic mass is 16.1. The van der Waals surface area contributed by atoms with E-state index in [1.54, 1.807) is 0 Å². The van der Waals surface area contributed by atoms with E-state index in [2.05, 4.69) is 40.5 Å². The number of nitrogens with zero attached hydrogens (tertiary/aromatic N) is 1. The second-order valence-corrected chi connectivity index (χ2v) is 6.76. The largest absolute Gasteiger partial charge is 0.349 e. The Bertz CT molecular complexity index is 688. The van der Waals surface area contributed by atoms with Gasteiger partial charge in [-0.2, -0.15) is 0 Å². The van der Waals surface area contributed by atoms with E-state index in [0.29, 0.717) is 0 Å². The molecule has 0 saturated carbocycles. The van der Waals surface area contributed by atoms with Crippen molar-refractivity contribution < 1.29 is 4.79 Å². The molecule has 1 amide bonds. The van der Waals surface area contributed by atoms with Crippen LogP contribution >= 0.6 is 0 Å². The van der Waals surface area contributed by atoms with Gasteiger partial charge in [-0.05, 0) is 49.4 Å². The molecule has 2 aromatic rings. The van der Waals surface area contributed by atoms with Crippen LogP contribution in [0.4, 0.5) is 0 Å². The zero-order valence-electron chi connectivity index (χ0n) is 14.6. The average Bonchev–Trinajstić information content (AvgIpc) is 2.60. The van der Waals surface area contributed by atoms with Crippen molar-refractivity contribution in [2.45, 2.75) is 39.3 Å². The Morgan fingerprint density at radius 1 is 1.04 bits per heavy atom. The molecule has 1 heterocycles. The van der Waals surface area contributed by atoms with E-state index in [4.69, 9.17) is 0 Å². The van der Waals surface area contributed by atoms with Gasteiger partial charge in [-0.3, -0.25) is 9.69 Å². The highest BCUT2D eigenvalue weighted by molar-refractivity contribution is 5.96. The first kappa shape index (κ1) is 16.7. The lowest BCUT2D eigenvalue weighted by molar-refractivity contribution is 0.0908. The van der Waals surface area contributed by atoms with Gasteiger partial charge in [0.25, 0.3) is 5.91 Å². The number of carbonyl (C=O) groups is 1. The molecule has 1 aliphatic rings. The summed E-state index contributed by atoms with van der Waals surface area (Å²) in [5.74, 6) is 0.0673. The van der Waals surface area contributed by atoms with Gasteiger partial charge in [0.2, 0.25) is 0 Å². The van der Waals surface area contributed by atoms with Crippen LogP contribution in [0.1, 0.15) is 39.9 Å². The van der Waals surface area contributed by atoms with Crippen LogP contribution in [0.25, 0.3) is 0 Å². The molecular weight excluding hydrogens is 296 g/mol. The first-order valence-electron chi connectivity index (χ1n) is 8.77. The van der Waals surface area contributed by atoms with Crippen molar-refractivity contribution in [3.05, 3.63) is 70.8 Å². The maximum Gasteiger partial charge on any atom is 0.251 e. The molecule has 0 radical (unpaired) electrons. The van der Waals surface area contributed by atoms with Crippen molar-refractivity contribution in [2.24, 2.45) is 0 Å². The van der Waals surface area contributed by atoms with Crippen molar-refractivity contribution in [2.75, 3.05) is 13.1 Å². The summed E-state index contributed by atoms with van der Waals surface area (Å²) in [7, 11) is 0. The fraction of sp³-hybridized carbons (Fsp3) is 0.381. The molecule has 24 heavy (non-hydrogen) atoms. The van der Waals surface area contributed by atoms with Gasteiger partial charge in [-0.25, -0.2) is 0 Å². The van der Waals surface area contributed by atoms with Crippen molar-refractivity contribution >= 4 is 5.91 Å². The van der Waals surface area contributed by atoms with Crippen LogP contribution in [-0.4, -0.2) is 29.9 Å². The van der Waals surface area contributed by atoms with E-state index in [0.717, 1.165) is 43.6 Å². The molecule has 0 atom stereocenters. The Kier molecular flexibility index (Phi) is 5.31. The quantitative estimate of drug-likeness (QED) is 0.931. The summed E-state index contributed by atoms with van der Waals surface area (Å²) in [5, 5.41) is 3.22. The zero-order chi connectivity index (χ0) is 16.9. The molecule has 0 unspecified atom stereocenters. The molecule has 0 aromatic heterocycles. The predicted molar refractivity (Wildman–Crippen MR) is 98.1 cm³/mol. The molecule has 3 heteroatoms. The average molecular weight is 322 g/mol. The van der Waals surface area contributed by atoms with E-state index >= 15 is 0 Å². The Morgan fingerprint density at radius 2 is 1.75 bits per heavy atom. The molecule has 0 spiro atoms. The highest BCUT2D eigenvalue weighted by Gasteiger charge is 2.21. The maximum absolute atomic E-state index is 12.5. The molecule has 126 valence electrons. The second-order valence-electron chi connectivity index (χ2n) is 6.76. The molecule has 0 bridgehead atoms. The third kappa shape index (κ3) is 4.04. The molecule has 1 fully saturated rings. The number of amides is 1. The van der Waals surface area contributed by atoms with Crippen molar-refractivity contribution in [1.82, 2.24) is 10.2 Å². The Balaban J connectivity index is 1.52. The number of benzene rings is 2. The number of aryl methyl sites for hydroxylation is 1. The monoisotopic (exact) mass is 322 g/mol. The van der Waals surface area contributed by atoms with E-state index in [1.165, 1.54) is 11.1 Å². The fourth-order valence-electron chi connectivity index (χ4n) is 3.34. The summed E-state index contributed by atoms with van der Waals surface area (Å²) >= 11 is 0. The van der Waals surface area contributed by atoms with Gasteiger partial charge in [0.1, 0.15) is 0 Å². The van der Waals surface area contributed by atoms with E-state index < -0.39 is 0 Å². The van der Waals surface area contributed by atoms with Crippen LogP contribution in [-0.2, 0) is 6.54 Å². The topological polar surface area (TPSA) is 32.3 Å². The third-order valence-electron chi connectivity index (χ3n) is 5.02. The normalized spacial score (nSPS) is 16.1. The Morgan fingerprint density at radius 3 is 2.46 bits per heavy atom. The summed E-state index contributed by atoms with van der Waals surface area (Å²) in [6.07, 6.45) is 2.03. The standard InChI is InChI=1S/C21H26N2O/c1-16-7-6-10-20(17(16)2)21(24)22-19-11-13-23(14-12-19)15-18-8-4-3-5-9-18/h3-10,19H,11-15H2,1-2H3,(H,22,24). The number of hydrogen-bond acceptors (Lipinski definition) is 2. The first-order valence-corrected chi connectivity index (χ1v) is 8.77. The molecule has 1 saturated heterocycles. The summed E-state index contributed by atoms with van der Waals surface area (Å²) in [4.78, 5) is 15.0. The van der Waals surface area contributed by atoms with E-state index in [9.17, 15) is 4.79 Å². The summed E-state index contributed by atoms with van der Waals surface area (Å²) in [6.45, 7) is 7.14. The van der Waals surface area contributed by atoms with Gasteiger partial charge in [-0.1, -0.05) is 42.5 Å². The third-order valence-corrected chi connectivity index (χ3v) is 5.02. The van der Waals surface area contributed by atoms with E-state index in [1.807, 2.05) is 32.0 Å².